The fourth-order valence-corrected chi connectivity index (χ4v) is 2.98. The minimum Gasteiger partial charge on any atom is -0.369 e. The van der Waals surface area contributed by atoms with Crippen LogP contribution in [0.5, 0.6) is 0 Å². The predicted octanol–water partition coefficient (Wildman–Crippen LogP) is 3.05. The molecule has 0 aromatic rings. The highest BCUT2D eigenvalue weighted by Crippen LogP contribution is 2.25. The van der Waals surface area contributed by atoms with Crippen molar-refractivity contribution >= 4 is 34.7 Å². The molecule has 1 unspecified atom stereocenters. The number of nitrogens with one attached hydrogen (secondary N) is 1. The molecule has 22 heavy (non-hydrogen) atoms. The van der Waals surface area contributed by atoms with Gasteiger partial charge in [-0.2, -0.15) is 0 Å². The first-order valence-electron chi connectivity index (χ1n) is 8.03. The van der Waals surface area contributed by atoms with Crippen molar-refractivity contribution in [1.82, 2.24) is 3.53 Å². The van der Waals surface area contributed by atoms with E-state index in [-0.39, 0.29) is 11.8 Å². The van der Waals surface area contributed by atoms with E-state index < -0.39 is 11.0 Å². The average molecular weight is 425 g/mol. The molecule has 0 aliphatic rings. The number of amides is 2. The van der Waals surface area contributed by atoms with E-state index in [1.807, 2.05) is 36.7 Å². The number of unbranched alkanes of at least 4 members (excludes halogenated alkanes) is 1. The van der Waals surface area contributed by atoms with Crippen LogP contribution in [0.2, 0.25) is 0 Å². The Balaban J connectivity index is 3.86. The molecular weight excluding hydrogens is 393 g/mol. The minimum atomic E-state index is -0.785. The summed E-state index contributed by atoms with van der Waals surface area (Å²) in [6.07, 6.45) is 6.81. The maximum absolute atomic E-state index is 11.6. The first kappa shape index (κ1) is 21.6. The van der Waals surface area contributed by atoms with E-state index in [1.54, 1.807) is 6.92 Å². The molecule has 0 aromatic heterocycles. The van der Waals surface area contributed by atoms with Crippen molar-refractivity contribution in [3.63, 3.8) is 0 Å². The van der Waals surface area contributed by atoms with E-state index in [2.05, 4.69) is 10.5 Å². The lowest BCUT2D eigenvalue weighted by atomic mass is 9.85. The molecule has 0 radical (unpaired) electrons. The van der Waals surface area contributed by atoms with Crippen molar-refractivity contribution < 1.29 is 9.59 Å². The third-order valence-electron chi connectivity index (χ3n) is 4.41. The van der Waals surface area contributed by atoms with Crippen LogP contribution >= 0.6 is 22.9 Å². The van der Waals surface area contributed by atoms with E-state index in [4.69, 9.17) is 11.5 Å². The van der Waals surface area contributed by atoms with Crippen molar-refractivity contribution in [2.24, 2.45) is 22.8 Å². The van der Waals surface area contributed by atoms with Crippen LogP contribution in [0.3, 0.4) is 0 Å². The monoisotopic (exact) mass is 425 g/mol. The maximum atomic E-state index is 11.6. The molecule has 5 nitrogen and oxygen atoms in total. The number of halogens is 1. The molecule has 0 spiro atoms. The van der Waals surface area contributed by atoms with E-state index >= 15 is 0 Å². The normalized spacial score (nSPS) is 15.9. The molecule has 0 aromatic carbocycles. The van der Waals surface area contributed by atoms with Gasteiger partial charge < -0.3 is 11.5 Å². The van der Waals surface area contributed by atoms with Gasteiger partial charge in [0.25, 0.3) is 0 Å². The van der Waals surface area contributed by atoms with Crippen LogP contribution in [-0.4, -0.2) is 17.4 Å². The van der Waals surface area contributed by atoms with Gasteiger partial charge in [-0.25, -0.2) is 0 Å². The summed E-state index contributed by atoms with van der Waals surface area (Å²) in [4.78, 5) is 22.8. The first-order chi connectivity index (χ1) is 10.0. The molecule has 0 bridgehead atoms. The number of primary amides is 1. The highest BCUT2D eigenvalue weighted by molar-refractivity contribution is 14.1. The third kappa shape index (κ3) is 8.31. The van der Waals surface area contributed by atoms with Crippen molar-refractivity contribution in [3.05, 3.63) is 0 Å². The summed E-state index contributed by atoms with van der Waals surface area (Å²) in [6.45, 7) is 7.81. The Morgan fingerprint density at radius 3 is 2.14 bits per heavy atom. The van der Waals surface area contributed by atoms with Crippen LogP contribution in [0.25, 0.3) is 0 Å². The van der Waals surface area contributed by atoms with Gasteiger partial charge in [0.2, 0.25) is 11.8 Å². The maximum Gasteiger partial charge on any atom is 0.248 e. The molecule has 5 N–H and O–H groups in total. The zero-order chi connectivity index (χ0) is 17.4. The smallest absolute Gasteiger partial charge is 0.248 e. The SMILES string of the molecule is CC(CCCCC(C)(C)C(N)=O)CCC[C@](C)(N)C(=O)NI. The van der Waals surface area contributed by atoms with Crippen molar-refractivity contribution in [2.45, 2.75) is 78.2 Å². The number of nitrogens with two attached hydrogens (primary N) is 2. The molecule has 6 heteroatoms. The predicted molar refractivity (Wildman–Crippen MR) is 99.2 cm³/mol. The number of carbonyl (C=O) groups is 2. The average Bonchev–Trinajstić information content (AvgIpc) is 2.42. The minimum absolute atomic E-state index is 0.116. The van der Waals surface area contributed by atoms with Crippen LogP contribution in [0.1, 0.15) is 72.6 Å². The van der Waals surface area contributed by atoms with Gasteiger partial charge in [0.15, 0.2) is 0 Å². The first-order valence-corrected chi connectivity index (χ1v) is 9.10. The van der Waals surface area contributed by atoms with Crippen LogP contribution in [0, 0.1) is 11.3 Å². The Morgan fingerprint density at radius 2 is 1.64 bits per heavy atom. The fourth-order valence-electron chi connectivity index (χ4n) is 2.37. The van der Waals surface area contributed by atoms with Crippen LogP contribution in [-0.2, 0) is 9.59 Å². The van der Waals surface area contributed by atoms with Crippen LogP contribution < -0.4 is 15.0 Å². The molecule has 0 fully saturated rings. The second-order valence-electron chi connectivity index (χ2n) is 7.33. The second-order valence-corrected chi connectivity index (χ2v) is 7.87. The Kier molecular flexibility index (Phi) is 9.54. The lowest BCUT2D eigenvalue weighted by molar-refractivity contribution is -0.126. The zero-order valence-corrected chi connectivity index (χ0v) is 16.5. The molecule has 2 amide bonds. The number of hydrogen-bond acceptors (Lipinski definition) is 3. The summed E-state index contributed by atoms with van der Waals surface area (Å²) in [6, 6.07) is 0. The zero-order valence-electron chi connectivity index (χ0n) is 14.4. The van der Waals surface area contributed by atoms with Gasteiger partial charge in [-0.1, -0.05) is 52.9 Å². The standard InChI is InChI=1S/C16H32IN3O2/c1-12(8-5-6-10-15(2,3)13(18)21)9-7-11-16(4,19)14(22)20-17/h12H,5-11,19H2,1-4H3,(H2,18,21)(H,20,22)/t12?,16-/m0/s1. The quantitative estimate of drug-likeness (QED) is 0.270. The van der Waals surface area contributed by atoms with E-state index in [0.29, 0.717) is 12.3 Å². The van der Waals surface area contributed by atoms with Crippen LogP contribution in [0.4, 0.5) is 0 Å². The molecule has 0 aliphatic heterocycles. The van der Waals surface area contributed by atoms with Gasteiger partial charge in [-0.05, 0) is 25.7 Å². The Bertz CT molecular complexity index is 370. The van der Waals surface area contributed by atoms with Crippen molar-refractivity contribution in [1.29, 1.82) is 0 Å². The Hall–Kier alpha value is -0.370. The van der Waals surface area contributed by atoms with Gasteiger partial charge in [0, 0.05) is 5.41 Å². The third-order valence-corrected chi connectivity index (χ3v) is 4.90. The summed E-state index contributed by atoms with van der Waals surface area (Å²) in [5.74, 6) is 0.265. The fraction of sp³-hybridized carbons (Fsp3) is 0.875. The van der Waals surface area contributed by atoms with E-state index in [9.17, 15) is 9.59 Å². The van der Waals surface area contributed by atoms with Crippen LogP contribution in [0.15, 0.2) is 0 Å². The van der Waals surface area contributed by atoms with E-state index in [0.717, 1.165) is 38.5 Å². The number of hydrogen-bond donors (Lipinski definition) is 3. The molecule has 0 rings (SSSR count). The highest BCUT2D eigenvalue weighted by Gasteiger charge is 2.27. The molecule has 0 saturated heterocycles. The van der Waals surface area contributed by atoms with Gasteiger partial charge >= 0.3 is 0 Å². The van der Waals surface area contributed by atoms with Gasteiger partial charge in [-0.3, -0.25) is 13.1 Å². The van der Waals surface area contributed by atoms with Gasteiger partial charge in [0.1, 0.15) is 0 Å². The number of rotatable bonds is 11. The van der Waals surface area contributed by atoms with E-state index in [1.165, 1.54) is 0 Å². The highest BCUT2D eigenvalue weighted by atomic mass is 127. The summed E-state index contributed by atoms with van der Waals surface area (Å²) in [5.41, 5.74) is 10.2. The molecule has 130 valence electrons. The second kappa shape index (κ2) is 9.70. The van der Waals surface area contributed by atoms with Gasteiger partial charge in [0.05, 0.1) is 28.4 Å². The Labute approximate surface area is 148 Å². The summed E-state index contributed by atoms with van der Waals surface area (Å²) < 4.78 is 2.58. The lowest BCUT2D eigenvalue weighted by Crippen LogP contribution is -2.49. The van der Waals surface area contributed by atoms with Gasteiger partial charge in [-0.15, -0.1) is 0 Å². The summed E-state index contributed by atoms with van der Waals surface area (Å²) >= 11 is 1.82. The van der Waals surface area contributed by atoms with Crippen molar-refractivity contribution in [2.75, 3.05) is 0 Å². The molecule has 0 aliphatic carbocycles. The Morgan fingerprint density at radius 1 is 1.09 bits per heavy atom. The summed E-state index contributed by atoms with van der Waals surface area (Å²) in [5, 5.41) is 0. The number of carbonyl (C=O) groups excluding carboxylic acids is 2. The lowest BCUT2D eigenvalue weighted by Gasteiger charge is -2.23. The molecule has 0 heterocycles. The summed E-state index contributed by atoms with van der Waals surface area (Å²) in [7, 11) is 0. The molecule has 0 saturated carbocycles. The molecular formula is C16H32IN3O2. The largest absolute Gasteiger partial charge is 0.369 e. The van der Waals surface area contributed by atoms with Crippen molar-refractivity contribution in [3.8, 4) is 0 Å². The molecule has 2 atom stereocenters. The topological polar surface area (TPSA) is 98.2 Å².